The molecule has 5 nitrogen and oxygen atoms in total. The monoisotopic (exact) mass is 301 g/mol. The van der Waals surface area contributed by atoms with E-state index in [0.29, 0.717) is 11.5 Å². The maximum atomic E-state index is 9.83. The number of methoxy groups -OCH3 is 2. The van der Waals surface area contributed by atoms with Crippen molar-refractivity contribution in [1.29, 1.82) is 0 Å². The van der Waals surface area contributed by atoms with Gasteiger partial charge in [0, 0.05) is 12.1 Å². The van der Waals surface area contributed by atoms with Gasteiger partial charge in [0.1, 0.15) is 0 Å². The smallest absolute Gasteiger partial charge is 0.165 e. The summed E-state index contributed by atoms with van der Waals surface area (Å²) in [6.45, 7) is 0.780. The highest BCUT2D eigenvalue weighted by Crippen LogP contribution is 2.41. The van der Waals surface area contributed by atoms with Gasteiger partial charge in [0.05, 0.1) is 20.3 Å². The van der Waals surface area contributed by atoms with Crippen LogP contribution in [0.3, 0.4) is 0 Å². The molecule has 0 saturated carbocycles. The van der Waals surface area contributed by atoms with Crippen molar-refractivity contribution in [2.24, 2.45) is 0 Å². The second kappa shape index (κ2) is 5.77. The van der Waals surface area contributed by atoms with Crippen LogP contribution >= 0.6 is 0 Å². The first-order valence-electron chi connectivity index (χ1n) is 7.14. The molecular formula is C17H19NO4. The van der Waals surface area contributed by atoms with Gasteiger partial charge in [-0.25, -0.2) is 0 Å². The van der Waals surface area contributed by atoms with Crippen LogP contribution in [0.2, 0.25) is 0 Å². The van der Waals surface area contributed by atoms with Gasteiger partial charge < -0.3 is 25.0 Å². The highest BCUT2D eigenvalue weighted by atomic mass is 16.5. The number of phenolic OH excluding ortho intramolecular Hbond substituents is 2. The summed E-state index contributed by atoms with van der Waals surface area (Å²) in [5.41, 5.74) is 2.89. The van der Waals surface area contributed by atoms with Crippen LogP contribution in [-0.4, -0.2) is 31.0 Å². The first kappa shape index (κ1) is 14.5. The van der Waals surface area contributed by atoms with Gasteiger partial charge in [0.15, 0.2) is 23.0 Å². The predicted molar refractivity (Wildman–Crippen MR) is 82.9 cm³/mol. The van der Waals surface area contributed by atoms with Gasteiger partial charge in [-0.05, 0) is 35.7 Å². The van der Waals surface area contributed by atoms with Crippen molar-refractivity contribution in [3.05, 3.63) is 47.0 Å². The lowest BCUT2D eigenvalue weighted by Crippen LogP contribution is -2.30. The Morgan fingerprint density at radius 3 is 2.55 bits per heavy atom. The third-order valence-electron chi connectivity index (χ3n) is 4.03. The molecule has 2 aromatic rings. The highest BCUT2D eigenvalue weighted by molar-refractivity contribution is 5.55. The van der Waals surface area contributed by atoms with Crippen molar-refractivity contribution < 1.29 is 19.7 Å². The second-order valence-corrected chi connectivity index (χ2v) is 5.26. The fourth-order valence-electron chi connectivity index (χ4n) is 3.00. The number of nitrogens with one attached hydrogen (secondary N) is 1. The van der Waals surface area contributed by atoms with E-state index in [9.17, 15) is 10.2 Å². The molecule has 5 heteroatoms. The van der Waals surface area contributed by atoms with Crippen molar-refractivity contribution in [1.82, 2.24) is 5.32 Å². The Morgan fingerprint density at radius 2 is 1.82 bits per heavy atom. The summed E-state index contributed by atoms with van der Waals surface area (Å²) >= 11 is 0. The molecule has 0 fully saturated rings. The molecule has 22 heavy (non-hydrogen) atoms. The van der Waals surface area contributed by atoms with Gasteiger partial charge in [0.25, 0.3) is 0 Å². The average Bonchev–Trinajstić information content (AvgIpc) is 2.54. The summed E-state index contributed by atoms with van der Waals surface area (Å²) < 4.78 is 10.9. The van der Waals surface area contributed by atoms with Crippen molar-refractivity contribution in [2.75, 3.05) is 20.8 Å². The van der Waals surface area contributed by atoms with E-state index < -0.39 is 0 Å². The van der Waals surface area contributed by atoms with E-state index in [-0.39, 0.29) is 17.5 Å². The maximum Gasteiger partial charge on any atom is 0.165 e. The molecule has 0 spiro atoms. The third kappa shape index (κ3) is 2.33. The number of rotatable bonds is 3. The van der Waals surface area contributed by atoms with Gasteiger partial charge in [-0.1, -0.05) is 12.1 Å². The fraction of sp³-hybridized carbons (Fsp3) is 0.294. The largest absolute Gasteiger partial charge is 0.504 e. The zero-order valence-corrected chi connectivity index (χ0v) is 12.6. The Balaban J connectivity index is 2.14. The van der Waals surface area contributed by atoms with Crippen LogP contribution in [0.25, 0.3) is 0 Å². The van der Waals surface area contributed by atoms with Gasteiger partial charge in [0.2, 0.25) is 0 Å². The van der Waals surface area contributed by atoms with Crippen LogP contribution in [0.5, 0.6) is 23.0 Å². The topological polar surface area (TPSA) is 71.0 Å². The standard InChI is InChI=1S/C17H19NO4/c1-21-15-5-3-4-11(17(15)22-2)16-12-9-14(20)13(19)8-10(12)6-7-18-16/h3-5,8-9,16,18-20H,6-7H2,1-2H3. The Labute approximate surface area is 129 Å². The highest BCUT2D eigenvalue weighted by Gasteiger charge is 2.26. The van der Waals surface area contributed by atoms with Crippen molar-refractivity contribution >= 4 is 0 Å². The average molecular weight is 301 g/mol. The van der Waals surface area contributed by atoms with Crippen LogP contribution in [0.4, 0.5) is 0 Å². The Hall–Kier alpha value is -2.40. The Bertz CT molecular complexity index is 699. The SMILES string of the molecule is COc1cccc(C2NCCc3cc(O)c(O)cc32)c1OC. The summed E-state index contributed by atoms with van der Waals surface area (Å²) in [6.07, 6.45) is 0.798. The first-order chi connectivity index (χ1) is 10.7. The molecule has 1 aliphatic rings. The minimum absolute atomic E-state index is 0.0861. The molecule has 0 radical (unpaired) electrons. The number of hydrogen-bond donors (Lipinski definition) is 3. The van der Waals surface area contributed by atoms with E-state index in [2.05, 4.69) is 5.32 Å². The zero-order chi connectivity index (χ0) is 15.7. The molecule has 1 unspecified atom stereocenters. The minimum atomic E-state index is -0.125. The Morgan fingerprint density at radius 1 is 1.05 bits per heavy atom. The molecular weight excluding hydrogens is 282 g/mol. The number of fused-ring (bicyclic) bond motifs is 1. The molecule has 1 atom stereocenters. The molecule has 0 aromatic heterocycles. The molecule has 0 aliphatic carbocycles. The summed E-state index contributed by atoms with van der Waals surface area (Å²) in [6, 6.07) is 8.84. The molecule has 1 aliphatic heterocycles. The molecule has 0 amide bonds. The lowest BCUT2D eigenvalue weighted by atomic mass is 9.89. The summed E-state index contributed by atoms with van der Waals surface area (Å²) in [5.74, 6) is 1.13. The molecule has 3 N–H and O–H groups in total. The molecule has 2 aromatic carbocycles. The van der Waals surface area contributed by atoms with Crippen molar-refractivity contribution in [3.8, 4) is 23.0 Å². The van der Waals surface area contributed by atoms with Crippen LogP contribution in [0.15, 0.2) is 30.3 Å². The van der Waals surface area contributed by atoms with Crippen molar-refractivity contribution in [2.45, 2.75) is 12.5 Å². The minimum Gasteiger partial charge on any atom is -0.504 e. The van der Waals surface area contributed by atoms with E-state index in [0.717, 1.165) is 29.7 Å². The van der Waals surface area contributed by atoms with Gasteiger partial charge in [-0.15, -0.1) is 0 Å². The number of ether oxygens (including phenoxy) is 2. The van der Waals surface area contributed by atoms with Gasteiger partial charge in [-0.2, -0.15) is 0 Å². The number of para-hydroxylation sites is 1. The predicted octanol–water partition coefficient (Wildman–Crippen LogP) is 2.35. The van der Waals surface area contributed by atoms with E-state index >= 15 is 0 Å². The normalized spacial score (nSPS) is 16.9. The third-order valence-corrected chi connectivity index (χ3v) is 4.03. The van der Waals surface area contributed by atoms with Gasteiger partial charge >= 0.3 is 0 Å². The maximum absolute atomic E-state index is 9.83. The zero-order valence-electron chi connectivity index (χ0n) is 12.6. The molecule has 1 heterocycles. The number of aromatic hydroxyl groups is 2. The molecule has 0 saturated heterocycles. The lowest BCUT2D eigenvalue weighted by Gasteiger charge is -2.29. The van der Waals surface area contributed by atoms with E-state index in [1.165, 1.54) is 0 Å². The number of phenols is 2. The molecule has 3 rings (SSSR count). The van der Waals surface area contributed by atoms with E-state index in [1.54, 1.807) is 26.4 Å². The fourth-order valence-corrected chi connectivity index (χ4v) is 3.00. The first-order valence-corrected chi connectivity index (χ1v) is 7.14. The van der Waals surface area contributed by atoms with Crippen molar-refractivity contribution in [3.63, 3.8) is 0 Å². The van der Waals surface area contributed by atoms with Gasteiger partial charge in [-0.3, -0.25) is 0 Å². The summed E-state index contributed by atoms with van der Waals surface area (Å²) in [7, 11) is 3.22. The van der Waals surface area contributed by atoms with E-state index in [1.807, 2.05) is 18.2 Å². The lowest BCUT2D eigenvalue weighted by molar-refractivity contribution is 0.348. The quantitative estimate of drug-likeness (QED) is 0.759. The molecule has 0 bridgehead atoms. The van der Waals surface area contributed by atoms with Crippen LogP contribution in [0, 0.1) is 0 Å². The van der Waals surface area contributed by atoms with Crippen LogP contribution in [-0.2, 0) is 6.42 Å². The summed E-state index contributed by atoms with van der Waals surface area (Å²) in [4.78, 5) is 0. The second-order valence-electron chi connectivity index (χ2n) is 5.26. The van der Waals surface area contributed by atoms with E-state index in [4.69, 9.17) is 9.47 Å². The summed E-state index contributed by atoms with van der Waals surface area (Å²) in [5, 5.41) is 23.0. The van der Waals surface area contributed by atoms with Crippen LogP contribution < -0.4 is 14.8 Å². The van der Waals surface area contributed by atoms with Crippen LogP contribution in [0.1, 0.15) is 22.7 Å². The molecule has 116 valence electrons. The number of hydrogen-bond acceptors (Lipinski definition) is 5. The Kier molecular flexibility index (Phi) is 3.81. The number of benzene rings is 2.